The van der Waals surface area contributed by atoms with E-state index in [0.29, 0.717) is 28.5 Å². The van der Waals surface area contributed by atoms with E-state index in [9.17, 15) is 14.7 Å². The minimum atomic E-state index is -1.40. The minimum Gasteiger partial charge on any atom is -0.383 e. The van der Waals surface area contributed by atoms with Crippen LogP contribution in [0.3, 0.4) is 0 Å². The third kappa shape index (κ3) is 7.04. The van der Waals surface area contributed by atoms with Gasteiger partial charge in [-0.1, -0.05) is 60.8 Å². The summed E-state index contributed by atoms with van der Waals surface area (Å²) < 4.78 is 15.2. The lowest BCUT2D eigenvalue weighted by molar-refractivity contribution is -0.117. The minimum absolute atomic E-state index is 0.00418. The molecule has 238 valence electrons. The number of likely N-dealkylation sites (tertiary alicyclic amines) is 1. The molecular weight excluding hydrogens is 607 g/mol. The number of halogens is 2. The van der Waals surface area contributed by atoms with Crippen molar-refractivity contribution in [2.24, 2.45) is 11.7 Å². The quantitative estimate of drug-likeness (QED) is 0.163. The van der Waals surface area contributed by atoms with Gasteiger partial charge in [0, 0.05) is 37.5 Å². The number of urea groups is 1. The first-order valence-corrected chi connectivity index (χ1v) is 15.8. The van der Waals surface area contributed by atoms with Crippen molar-refractivity contribution in [1.29, 1.82) is 0 Å². The molecule has 3 heterocycles. The van der Waals surface area contributed by atoms with Crippen molar-refractivity contribution >= 4 is 35.0 Å². The van der Waals surface area contributed by atoms with E-state index in [2.05, 4.69) is 20.6 Å². The first kappa shape index (κ1) is 31.6. The number of hydrogen-bond acceptors (Lipinski definition) is 6. The van der Waals surface area contributed by atoms with Crippen molar-refractivity contribution < 1.29 is 19.1 Å². The molecule has 1 saturated carbocycles. The zero-order chi connectivity index (χ0) is 32.3. The van der Waals surface area contributed by atoms with Crippen LogP contribution < -0.4 is 16.4 Å². The molecule has 5 N–H and O–H groups in total. The molecule has 0 spiro atoms. The van der Waals surface area contributed by atoms with Crippen LogP contribution in [0.15, 0.2) is 91.4 Å². The van der Waals surface area contributed by atoms with Gasteiger partial charge in [-0.3, -0.25) is 15.1 Å². The molecule has 4 aromatic rings. The summed E-state index contributed by atoms with van der Waals surface area (Å²) >= 11 is 5.94. The summed E-state index contributed by atoms with van der Waals surface area (Å²) in [5, 5.41) is 17.5. The number of nitrogens with two attached hydrogens (primary N) is 1. The SMILES string of the molecule is NC(CCC1CC1)(c1ccncc1)c1ccc(F)c(NC(=O)C[C@H]2C[C@](O)(c3ccccc3)CN2C(=O)Nc2ccc(Cl)cn2)c1. The largest absolute Gasteiger partial charge is 0.383 e. The van der Waals surface area contributed by atoms with Gasteiger partial charge < -0.3 is 21.1 Å². The molecule has 2 fully saturated rings. The van der Waals surface area contributed by atoms with Crippen LogP contribution in [0.2, 0.25) is 5.02 Å². The Hall–Kier alpha value is -4.38. The summed E-state index contributed by atoms with van der Waals surface area (Å²) in [5.41, 5.74) is 6.91. The van der Waals surface area contributed by atoms with E-state index < -0.39 is 34.9 Å². The second-order valence-electron chi connectivity index (χ2n) is 12.3. The number of β-amino-alcohol motifs (C(OH)–C–C–N with tert-alkyl or cyclic N) is 1. The maximum atomic E-state index is 15.2. The molecule has 3 amide bonds. The molecule has 46 heavy (non-hydrogen) atoms. The van der Waals surface area contributed by atoms with E-state index >= 15 is 4.39 Å². The second kappa shape index (κ2) is 13.2. The molecular formula is C35H36ClFN6O3. The fraction of sp³-hybridized carbons (Fsp3) is 0.314. The maximum Gasteiger partial charge on any atom is 0.323 e. The third-order valence-electron chi connectivity index (χ3n) is 9.00. The highest BCUT2D eigenvalue weighted by Crippen LogP contribution is 2.41. The average Bonchev–Trinajstić information content (AvgIpc) is 3.84. The van der Waals surface area contributed by atoms with Gasteiger partial charge in [0.05, 0.1) is 22.8 Å². The molecule has 9 nitrogen and oxygen atoms in total. The first-order chi connectivity index (χ1) is 22.1. The van der Waals surface area contributed by atoms with Gasteiger partial charge in [0.25, 0.3) is 0 Å². The molecule has 0 radical (unpaired) electrons. The third-order valence-corrected chi connectivity index (χ3v) is 9.22. The lowest BCUT2D eigenvalue weighted by Crippen LogP contribution is -2.41. The molecule has 0 bridgehead atoms. The number of nitrogens with one attached hydrogen (secondary N) is 2. The van der Waals surface area contributed by atoms with Crippen molar-refractivity contribution in [3.63, 3.8) is 0 Å². The van der Waals surface area contributed by atoms with Gasteiger partial charge in [-0.2, -0.15) is 0 Å². The van der Waals surface area contributed by atoms with Crippen LogP contribution in [-0.4, -0.2) is 44.5 Å². The summed E-state index contributed by atoms with van der Waals surface area (Å²) in [4.78, 5) is 36.6. The molecule has 1 aliphatic carbocycles. The molecule has 2 aliphatic rings. The standard InChI is InChI=1S/C35H36ClFN6O3/c36-27-9-11-31(40-21-27)42-33(45)43-22-34(46,24-4-2-1-3-5-24)20-28(43)19-32(44)41-30-18-26(8-10-29(30)37)35(38,15-12-23-6-7-23)25-13-16-39-17-14-25/h1-5,8-11,13-14,16-18,21,23,28,46H,6-7,12,15,19-20,22,38H2,(H,41,44)(H,40,42,45)/t28-,34+,35?/m0/s1. The number of benzene rings is 2. The fourth-order valence-electron chi connectivity index (χ4n) is 6.24. The number of pyridine rings is 2. The number of aromatic nitrogens is 2. The number of carbonyl (C=O) groups is 2. The Labute approximate surface area is 272 Å². The zero-order valence-corrected chi connectivity index (χ0v) is 26.0. The lowest BCUT2D eigenvalue weighted by atomic mass is 9.79. The van der Waals surface area contributed by atoms with Gasteiger partial charge in [0.2, 0.25) is 5.91 Å². The fourth-order valence-corrected chi connectivity index (χ4v) is 6.35. The predicted molar refractivity (Wildman–Crippen MR) is 175 cm³/mol. The van der Waals surface area contributed by atoms with Crippen molar-refractivity contribution in [2.45, 2.75) is 55.7 Å². The van der Waals surface area contributed by atoms with Crippen molar-refractivity contribution in [1.82, 2.24) is 14.9 Å². The van der Waals surface area contributed by atoms with Crippen LogP contribution in [0.4, 0.5) is 20.7 Å². The highest BCUT2D eigenvalue weighted by Gasteiger charge is 2.46. The molecule has 1 aliphatic heterocycles. The van der Waals surface area contributed by atoms with Gasteiger partial charge in [-0.25, -0.2) is 14.2 Å². The Morgan fingerprint density at radius 2 is 1.80 bits per heavy atom. The Morgan fingerprint density at radius 1 is 1.04 bits per heavy atom. The molecule has 2 aromatic carbocycles. The molecule has 1 saturated heterocycles. The van der Waals surface area contributed by atoms with Gasteiger partial charge in [0.15, 0.2) is 0 Å². The number of aliphatic hydroxyl groups is 1. The summed E-state index contributed by atoms with van der Waals surface area (Å²) in [6.45, 7) is -0.0547. The van der Waals surface area contributed by atoms with Crippen molar-refractivity contribution in [3.05, 3.63) is 119 Å². The van der Waals surface area contributed by atoms with E-state index in [1.165, 1.54) is 30.0 Å². The number of nitrogens with zero attached hydrogens (tertiary/aromatic N) is 3. The molecule has 11 heteroatoms. The summed E-state index contributed by atoms with van der Waals surface area (Å²) in [6.07, 6.45) is 8.66. The average molecular weight is 643 g/mol. The summed E-state index contributed by atoms with van der Waals surface area (Å²) in [5.74, 6) is -0.203. The van der Waals surface area contributed by atoms with Crippen LogP contribution >= 0.6 is 11.6 Å². The smallest absolute Gasteiger partial charge is 0.323 e. The first-order valence-electron chi connectivity index (χ1n) is 15.4. The Bertz CT molecular complexity index is 1690. The number of anilines is 2. The zero-order valence-electron chi connectivity index (χ0n) is 25.2. The highest BCUT2D eigenvalue weighted by atomic mass is 35.5. The molecule has 3 atom stereocenters. The van der Waals surface area contributed by atoms with Gasteiger partial charge >= 0.3 is 6.03 Å². The van der Waals surface area contributed by atoms with Gasteiger partial charge in [0.1, 0.15) is 17.2 Å². The van der Waals surface area contributed by atoms with Crippen molar-refractivity contribution in [3.8, 4) is 0 Å². The Kier molecular flexibility index (Phi) is 9.04. The highest BCUT2D eigenvalue weighted by molar-refractivity contribution is 6.30. The Morgan fingerprint density at radius 3 is 2.50 bits per heavy atom. The van der Waals surface area contributed by atoms with Crippen LogP contribution in [-0.2, 0) is 15.9 Å². The van der Waals surface area contributed by atoms with Crippen LogP contribution in [0.25, 0.3) is 0 Å². The summed E-state index contributed by atoms with van der Waals surface area (Å²) in [7, 11) is 0. The number of rotatable bonds is 10. The molecule has 6 rings (SSSR count). The van der Waals surface area contributed by atoms with Gasteiger partial charge in [-0.05, 0) is 71.8 Å². The lowest BCUT2D eigenvalue weighted by Gasteiger charge is -2.31. The molecule has 2 aromatic heterocycles. The number of carbonyl (C=O) groups excluding carboxylic acids is 2. The van der Waals surface area contributed by atoms with E-state index in [4.69, 9.17) is 17.3 Å². The number of hydrogen-bond donors (Lipinski definition) is 4. The van der Waals surface area contributed by atoms with Crippen LogP contribution in [0.5, 0.6) is 0 Å². The van der Waals surface area contributed by atoms with E-state index in [0.717, 1.165) is 12.0 Å². The predicted octanol–water partition coefficient (Wildman–Crippen LogP) is 6.18. The molecule has 1 unspecified atom stereocenters. The Balaban J connectivity index is 1.23. The van der Waals surface area contributed by atoms with E-state index in [1.807, 2.05) is 18.2 Å². The monoisotopic (exact) mass is 642 g/mol. The topological polar surface area (TPSA) is 133 Å². The normalized spacial score (nSPS) is 20.6. The maximum absolute atomic E-state index is 15.2. The second-order valence-corrected chi connectivity index (χ2v) is 12.7. The van der Waals surface area contributed by atoms with Crippen LogP contribution in [0.1, 0.15) is 55.2 Å². The van der Waals surface area contributed by atoms with E-state index in [-0.39, 0.29) is 30.9 Å². The summed E-state index contributed by atoms with van der Waals surface area (Å²) in [6, 6.07) is 19.2. The van der Waals surface area contributed by atoms with Crippen molar-refractivity contribution in [2.75, 3.05) is 17.2 Å². The van der Waals surface area contributed by atoms with Crippen LogP contribution in [0, 0.1) is 11.7 Å². The van der Waals surface area contributed by atoms with E-state index in [1.54, 1.807) is 60.9 Å². The number of amides is 3. The van der Waals surface area contributed by atoms with Gasteiger partial charge in [-0.15, -0.1) is 0 Å².